The number of aliphatic hydroxyl groups excluding tert-OH is 1. The second-order valence-electron chi connectivity index (χ2n) is 6.67. The molecule has 1 aliphatic carbocycles. The zero-order chi connectivity index (χ0) is 16.5. The van der Waals surface area contributed by atoms with Crippen molar-refractivity contribution < 1.29 is 9.84 Å². The first-order chi connectivity index (χ1) is 11.2. The van der Waals surface area contributed by atoms with Gasteiger partial charge in [-0.05, 0) is 31.5 Å². The van der Waals surface area contributed by atoms with Gasteiger partial charge in [-0.2, -0.15) is 0 Å². The van der Waals surface area contributed by atoms with Crippen molar-refractivity contribution in [2.45, 2.75) is 58.5 Å². The second-order valence-corrected chi connectivity index (χ2v) is 6.67. The fraction of sp³-hybridized carbons (Fsp3) is 0.700. The topological polar surface area (TPSA) is 32.7 Å². The molecule has 3 nitrogen and oxygen atoms in total. The fourth-order valence-electron chi connectivity index (χ4n) is 3.58. The van der Waals surface area contributed by atoms with Crippen molar-refractivity contribution in [3.63, 3.8) is 0 Å². The maximum atomic E-state index is 10.7. The maximum Gasteiger partial charge on any atom is 0.125 e. The number of aliphatic hydroxyl groups is 1. The zero-order valence-electron chi connectivity index (χ0n) is 14.8. The third-order valence-electron chi connectivity index (χ3n) is 5.12. The molecule has 0 spiro atoms. The second kappa shape index (κ2) is 9.94. The van der Waals surface area contributed by atoms with Crippen LogP contribution in [0.25, 0.3) is 0 Å². The van der Waals surface area contributed by atoms with Crippen LogP contribution in [0.5, 0.6) is 5.75 Å². The van der Waals surface area contributed by atoms with Gasteiger partial charge in [0.15, 0.2) is 0 Å². The average molecular weight is 319 g/mol. The van der Waals surface area contributed by atoms with Crippen molar-refractivity contribution in [3.8, 4) is 5.75 Å². The highest BCUT2D eigenvalue weighted by Gasteiger charge is 2.20. The van der Waals surface area contributed by atoms with E-state index in [4.69, 9.17) is 4.74 Å². The summed E-state index contributed by atoms with van der Waals surface area (Å²) in [4.78, 5) is 2.35. The number of ether oxygens (including phenoxy) is 1. The van der Waals surface area contributed by atoms with Gasteiger partial charge in [-0.1, -0.05) is 64.2 Å². The number of nitrogens with zero attached hydrogens (tertiary/aromatic N) is 1. The Morgan fingerprint density at radius 1 is 1.13 bits per heavy atom. The normalized spacial score (nSPS) is 17.4. The van der Waals surface area contributed by atoms with E-state index in [2.05, 4.69) is 18.7 Å². The van der Waals surface area contributed by atoms with Crippen LogP contribution in [0.15, 0.2) is 24.3 Å². The summed E-state index contributed by atoms with van der Waals surface area (Å²) in [6, 6.07) is 7.99. The molecule has 1 saturated carbocycles. The molecule has 1 N–H and O–H groups in total. The van der Waals surface area contributed by atoms with E-state index in [1.54, 1.807) is 0 Å². The zero-order valence-corrected chi connectivity index (χ0v) is 14.8. The molecule has 0 bridgehead atoms. The highest BCUT2D eigenvalue weighted by molar-refractivity contribution is 5.35. The Hall–Kier alpha value is -1.06. The van der Waals surface area contributed by atoms with Gasteiger partial charge in [0.1, 0.15) is 12.4 Å². The maximum absolute atomic E-state index is 10.7. The number of rotatable bonds is 9. The minimum Gasteiger partial charge on any atom is -0.492 e. The molecule has 2 rings (SSSR count). The molecule has 1 aliphatic rings. The number of hydrogen-bond donors (Lipinski definition) is 1. The molecule has 0 heterocycles. The van der Waals surface area contributed by atoms with E-state index < -0.39 is 6.10 Å². The lowest BCUT2D eigenvalue weighted by Gasteiger charge is -2.25. The Labute approximate surface area is 141 Å². The molecule has 0 radical (unpaired) electrons. The highest BCUT2D eigenvalue weighted by Crippen LogP contribution is 2.34. The van der Waals surface area contributed by atoms with E-state index in [0.29, 0.717) is 12.5 Å². The van der Waals surface area contributed by atoms with Crippen LogP contribution in [0.2, 0.25) is 0 Å². The highest BCUT2D eigenvalue weighted by atomic mass is 16.5. The Kier molecular flexibility index (Phi) is 7.90. The van der Waals surface area contributed by atoms with Gasteiger partial charge in [-0.3, -0.25) is 0 Å². The lowest BCUT2D eigenvalue weighted by atomic mass is 9.84. The van der Waals surface area contributed by atoms with Gasteiger partial charge < -0.3 is 14.7 Å². The molecule has 1 fully saturated rings. The van der Waals surface area contributed by atoms with Crippen LogP contribution in [0.3, 0.4) is 0 Å². The number of para-hydroxylation sites is 1. The summed E-state index contributed by atoms with van der Waals surface area (Å²) in [7, 11) is 0. The minimum atomic E-state index is -0.400. The lowest BCUT2D eigenvalue weighted by Crippen LogP contribution is -2.28. The van der Waals surface area contributed by atoms with E-state index >= 15 is 0 Å². The quantitative estimate of drug-likeness (QED) is 0.732. The average Bonchev–Trinajstić information content (AvgIpc) is 2.60. The summed E-state index contributed by atoms with van der Waals surface area (Å²) in [5.41, 5.74) is 0.956. The molecule has 1 aromatic carbocycles. The van der Waals surface area contributed by atoms with Crippen LogP contribution in [-0.4, -0.2) is 36.2 Å². The molecular formula is C20H33NO2. The minimum absolute atomic E-state index is 0.400. The predicted molar refractivity (Wildman–Crippen MR) is 95.9 cm³/mol. The Morgan fingerprint density at radius 2 is 1.83 bits per heavy atom. The molecule has 0 aromatic heterocycles. The van der Waals surface area contributed by atoms with Crippen molar-refractivity contribution >= 4 is 0 Å². The van der Waals surface area contributed by atoms with E-state index in [1.165, 1.54) is 32.1 Å². The van der Waals surface area contributed by atoms with E-state index in [0.717, 1.165) is 37.4 Å². The molecule has 1 aromatic rings. The first-order valence-corrected chi connectivity index (χ1v) is 9.36. The summed E-state index contributed by atoms with van der Waals surface area (Å²) in [5, 5.41) is 10.7. The van der Waals surface area contributed by atoms with Crippen LogP contribution in [0.4, 0.5) is 0 Å². The van der Waals surface area contributed by atoms with Gasteiger partial charge in [0.05, 0.1) is 6.10 Å². The van der Waals surface area contributed by atoms with E-state index in [1.807, 2.05) is 24.3 Å². The van der Waals surface area contributed by atoms with Gasteiger partial charge in [-0.15, -0.1) is 0 Å². The molecule has 23 heavy (non-hydrogen) atoms. The smallest absolute Gasteiger partial charge is 0.125 e. The van der Waals surface area contributed by atoms with Crippen LogP contribution in [-0.2, 0) is 0 Å². The molecule has 0 aliphatic heterocycles. The van der Waals surface area contributed by atoms with Crippen molar-refractivity contribution in [2.24, 2.45) is 5.92 Å². The summed E-state index contributed by atoms with van der Waals surface area (Å²) in [5.74, 6) is 1.52. The third-order valence-corrected chi connectivity index (χ3v) is 5.12. The van der Waals surface area contributed by atoms with Crippen LogP contribution < -0.4 is 4.74 Å². The molecule has 0 saturated heterocycles. The lowest BCUT2D eigenvalue weighted by molar-refractivity contribution is 0.126. The molecule has 1 atom stereocenters. The van der Waals surface area contributed by atoms with E-state index in [9.17, 15) is 5.11 Å². The first-order valence-electron chi connectivity index (χ1n) is 9.36. The summed E-state index contributed by atoms with van der Waals surface area (Å²) < 4.78 is 5.98. The molecule has 3 heteroatoms. The van der Waals surface area contributed by atoms with Gasteiger partial charge in [-0.25, -0.2) is 0 Å². The van der Waals surface area contributed by atoms with E-state index in [-0.39, 0.29) is 0 Å². The monoisotopic (exact) mass is 319 g/mol. The van der Waals surface area contributed by atoms with Crippen molar-refractivity contribution in [3.05, 3.63) is 29.8 Å². The summed E-state index contributed by atoms with van der Waals surface area (Å²) >= 11 is 0. The largest absolute Gasteiger partial charge is 0.492 e. The number of likely N-dealkylation sites (N-methyl/N-ethyl adjacent to an activating group) is 1. The Balaban J connectivity index is 1.90. The number of benzene rings is 1. The standard InChI is InChI=1S/C20H33NO2/c1-3-21(4-2)14-15-23-20-13-9-8-12-18(20)19(22)16-17-10-6-5-7-11-17/h8-9,12-13,17,19,22H,3-7,10-11,14-16H2,1-2H3/t19-/m0/s1. The predicted octanol–water partition coefficient (Wildman–Crippen LogP) is 4.41. The van der Waals surface area contributed by atoms with Gasteiger partial charge in [0.2, 0.25) is 0 Å². The first kappa shape index (κ1) is 18.3. The number of hydrogen-bond acceptors (Lipinski definition) is 3. The van der Waals surface area contributed by atoms with Crippen LogP contribution >= 0.6 is 0 Å². The molecule has 0 amide bonds. The molecule has 130 valence electrons. The van der Waals surface area contributed by atoms with Gasteiger partial charge >= 0.3 is 0 Å². The molecular weight excluding hydrogens is 286 g/mol. The summed E-state index contributed by atoms with van der Waals surface area (Å²) in [6.45, 7) is 8.04. The van der Waals surface area contributed by atoms with Crippen LogP contribution in [0, 0.1) is 5.92 Å². The van der Waals surface area contributed by atoms with Crippen LogP contribution in [0.1, 0.15) is 64.0 Å². The van der Waals surface area contributed by atoms with Crippen molar-refractivity contribution in [1.82, 2.24) is 4.90 Å². The summed E-state index contributed by atoms with van der Waals surface area (Å²) in [6.07, 6.45) is 7.00. The third kappa shape index (κ3) is 5.82. The Morgan fingerprint density at radius 3 is 2.52 bits per heavy atom. The fourth-order valence-corrected chi connectivity index (χ4v) is 3.58. The van der Waals surface area contributed by atoms with Gasteiger partial charge in [0, 0.05) is 12.1 Å². The molecule has 0 unspecified atom stereocenters. The van der Waals surface area contributed by atoms with Crippen molar-refractivity contribution in [1.29, 1.82) is 0 Å². The van der Waals surface area contributed by atoms with Gasteiger partial charge in [0.25, 0.3) is 0 Å². The SMILES string of the molecule is CCN(CC)CCOc1ccccc1[C@@H](O)CC1CCCCC1. The Bertz CT molecular complexity index is 439. The van der Waals surface area contributed by atoms with Crippen molar-refractivity contribution in [2.75, 3.05) is 26.2 Å².